The molecule has 4 heterocycles. The summed E-state index contributed by atoms with van der Waals surface area (Å²) in [4.78, 5) is 29.7. The highest BCUT2D eigenvalue weighted by molar-refractivity contribution is 7.92. The Kier molecular flexibility index (Phi) is 6.81. The quantitative estimate of drug-likeness (QED) is 0.291. The Balaban J connectivity index is 0.000000161. The first kappa shape index (κ1) is 23.3. The third-order valence-corrected chi connectivity index (χ3v) is 6.29. The van der Waals surface area contributed by atoms with Gasteiger partial charge in [0.25, 0.3) is 15.6 Å². The summed E-state index contributed by atoms with van der Waals surface area (Å²) in [6.07, 6.45) is 7.04. The molecule has 178 valence electrons. The lowest BCUT2D eigenvalue weighted by Crippen LogP contribution is -2.14. The molecule has 14 heteroatoms. The number of hydrogen-bond acceptors (Lipinski definition) is 10. The third kappa shape index (κ3) is 5.19. The summed E-state index contributed by atoms with van der Waals surface area (Å²) < 4.78 is 33.4. The first-order chi connectivity index (χ1) is 16.4. The van der Waals surface area contributed by atoms with E-state index in [0.717, 1.165) is 12.8 Å². The number of aromatic amines is 1. The molecule has 1 aliphatic heterocycles. The summed E-state index contributed by atoms with van der Waals surface area (Å²) in [6, 6.07) is 7.46. The average molecular weight is 487 g/mol. The summed E-state index contributed by atoms with van der Waals surface area (Å²) in [5.74, 6) is 0.0318. The summed E-state index contributed by atoms with van der Waals surface area (Å²) in [5.41, 5.74) is 6.54. The van der Waals surface area contributed by atoms with E-state index in [1.54, 1.807) is 17.0 Å². The number of aliphatic hydroxyl groups is 1. The van der Waals surface area contributed by atoms with E-state index in [9.17, 15) is 13.2 Å². The fraction of sp³-hybridized carbons (Fsp3) is 0.250. The van der Waals surface area contributed by atoms with Gasteiger partial charge in [-0.25, -0.2) is 33.1 Å². The molecule has 1 fully saturated rings. The normalized spacial score (nSPS) is 17.8. The van der Waals surface area contributed by atoms with E-state index >= 15 is 0 Å². The number of aliphatic hydroxyl groups excluding tert-OH is 1. The van der Waals surface area contributed by atoms with Crippen molar-refractivity contribution in [2.75, 3.05) is 17.1 Å². The molecule has 2 atom stereocenters. The molecule has 0 spiro atoms. The predicted molar refractivity (Wildman–Crippen MR) is 122 cm³/mol. The lowest BCUT2D eigenvalue weighted by Gasteiger charge is -2.13. The minimum absolute atomic E-state index is 0.0111. The van der Waals surface area contributed by atoms with Gasteiger partial charge < -0.3 is 20.6 Å². The number of hydrogen-bond donors (Lipinski definition) is 4. The number of H-pyrrole nitrogens is 1. The number of aromatic nitrogens is 6. The maximum Gasteiger partial charge on any atom is 0.278 e. The van der Waals surface area contributed by atoms with Crippen LogP contribution >= 0.6 is 0 Å². The van der Waals surface area contributed by atoms with Crippen molar-refractivity contribution in [1.82, 2.24) is 29.5 Å². The fourth-order valence-corrected chi connectivity index (χ4v) is 4.24. The summed E-state index contributed by atoms with van der Waals surface area (Å²) in [6.45, 7) is 0.0111. The number of ether oxygens (including phenoxy) is 1. The van der Waals surface area contributed by atoms with Gasteiger partial charge in [-0.3, -0.25) is 9.36 Å². The highest BCUT2D eigenvalue weighted by Gasteiger charge is 2.27. The number of fused-ring (bicyclic) bond motifs is 1. The number of nitrogens with one attached hydrogen (secondary N) is 2. The van der Waals surface area contributed by atoms with Gasteiger partial charge in [-0.1, -0.05) is 0 Å². The number of nitrogens with zero attached hydrogens (tertiary/aromatic N) is 5. The van der Waals surface area contributed by atoms with Crippen LogP contribution in [0.15, 0.2) is 65.1 Å². The van der Waals surface area contributed by atoms with Crippen molar-refractivity contribution in [3.05, 3.63) is 65.7 Å². The minimum atomic E-state index is -3.66. The SMILES string of the molecule is Nc1ccc(S(=O)(=O)Nc2ncccn2)cc1.O=c1[nH]cnc2c1ncn2[C@H]1CC[C@@H](CO)O1. The van der Waals surface area contributed by atoms with E-state index in [1.165, 1.54) is 43.0 Å². The highest BCUT2D eigenvalue weighted by atomic mass is 32.2. The van der Waals surface area contributed by atoms with Gasteiger partial charge in [0.15, 0.2) is 11.2 Å². The molecule has 0 aliphatic carbocycles. The monoisotopic (exact) mass is 486 g/mol. The maximum absolute atomic E-state index is 11.9. The second-order valence-electron chi connectivity index (χ2n) is 7.28. The molecule has 5 rings (SSSR count). The molecular formula is C20H22N8O5S. The zero-order chi connectivity index (χ0) is 24.1. The van der Waals surface area contributed by atoms with Crippen LogP contribution in [0.5, 0.6) is 0 Å². The van der Waals surface area contributed by atoms with Crippen molar-refractivity contribution >= 4 is 32.8 Å². The number of anilines is 2. The van der Waals surface area contributed by atoms with Gasteiger partial charge in [-0.2, -0.15) is 0 Å². The van der Waals surface area contributed by atoms with E-state index < -0.39 is 10.0 Å². The lowest BCUT2D eigenvalue weighted by atomic mass is 10.2. The first-order valence-electron chi connectivity index (χ1n) is 10.2. The van der Waals surface area contributed by atoms with Gasteiger partial charge in [-0.15, -0.1) is 0 Å². The third-order valence-electron chi connectivity index (χ3n) is 4.95. The second-order valence-corrected chi connectivity index (χ2v) is 8.96. The molecule has 5 N–H and O–H groups in total. The number of nitrogen functional groups attached to an aromatic ring is 1. The highest BCUT2D eigenvalue weighted by Crippen LogP contribution is 2.29. The Labute approximate surface area is 193 Å². The van der Waals surface area contributed by atoms with Crippen LogP contribution in [0.4, 0.5) is 11.6 Å². The van der Waals surface area contributed by atoms with Crippen LogP contribution in [0.3, 0.4) is 0 Å². The predicted octanol–water partition coefficient (Wildman–Crippen LogP) is 0.649. The Morgan fingerprint density at radius 2 is 1.88 bits per heavy atom. The van der Waals surface area contributed by atoms with E-state index in [1.807, 2.05) is 0 Å². The van der Waals surface area contributed by atoms with E-state index in [0.29, 0.717) is 16.9 Å². The molecule has 0 amide bonds. The van der Waals surface area contributed by atoms with E-state index in [-0.39, 0.29) is 35.3 Å². The van der Waals surface area contributed by atoms with Crippen molar-refractivity contribution in [3.63, 3.8) is 0 Å². The maximum atomic E-state index is 11.9. The van der Waals surface area contributed by atoms with Crippen LogP contribution in [0, 0.1) is 0 Å². The zero-order valence-corrected chi connectivity index (χ0v) is 18.6. The average Bonchev–Trinajstić information content (AvgIpc) is 3.48. The molecule has 0 saturated carbocycles. The Morgan fingerprint density at radius 1 is 1.15 bits per heavy atom. The molecule has 1 aromatic carbocycles. The molecule has 0 bridgehead atoms. The Hall–Kier alpha value is -3.88. The standard InChI is InChI=1S/C10H12N4O3.C10H10N4O2S/c15-3-6-1-2-7(17-6)14-5-13-8-9(14)11-4-12-10(8)16;11-8-2-4-9(5-3-8)17(15,16)14-10-12-6-1-7-13-10/h4-7,15H,1-3H2,(H,11,12,16);1-7H,11H2,(H,12,13,14)/t6-,7+;/m0./s1. The van der Waals surface area contributed by atoms with Crippen LogP contribution in [-0.4, -0.2) is 55.7 Å². The molecule has 13 nitrogen and oxygen atoms in total. The van der Waals surface area contributed by atoms with Crippen LogP contribution in [0.1, 0.15) is 19.1 Å². The number of nitrogens with two attached hydrogens (primary N) is 1. The van der Waals surface area contributed by atoms with Crippen molar-refractivity contribution in [1.29, 1.82) is 0 Å². The Bertz CT molecular complexity index is 1410. The van der Waals surface area contributed by atoms with Gasteiger partial charge in [0, 0.05) is 18.1 Å². The fourth-order valence-electron chi connectivity index (χ4n) is 3.28. The topological polar surface area (TPSA) is 191 Å². The lowest BCUT2D eigenvalue weighted by molar-refractivity contribution is -0.0207. The van der Waals surface area contributed by atoms with Gasteiger partial charge in [0.2, 0.25) is 5.95 Å². The molecular weight excluding hydrogens is 464 g/mol. The van der Waals surface area contributed by atoms with Gasteiger partial charge >= 0.3 is 0 Å². The van der Waals surface area contributed by atoms with Crippen LogP contribution in [0.2, 0.25) is 0 Å². The van der Waals surface area contributed by atoms with Gasteiger partial charge in [0.1, 0.15) is 6.23 Å². The molecule has 0 unspecified atom stereocenters. The van der Waals surface area contributed by atoms with Gasteiger partial charge in [-0.05, 0) is 43.2 Å². The number of sulfonamides is 1. The number of benzene rings is 1. The second kappa shape index (κ2) is 9.94. The number of imidazole rings is 1. The summed E-state index contributed by atoms with van der Waals surface area (Å²) >= 11 is 0. The van der Waals surface area contributed by atoms with Crippen LogP contribution < -0.4 is 16.0 Å². The van der Waals surface area contributed by atoms with Crippen molar-refractivity contribution in [2.45, 2.75) is 30.1 Å². The molecule has 34 heavy (non-hydrogen) atoms. The summed E-state index contributed by atoms with van der Waals surface area (Å²) in [7, 11) is -3.66. The molecule has 1 saturated heterocycles. The summed E-state index contributed by atoms with van der Waals surface area (Å²) in [5, 5.41) is 9.02. The van der Waals surface area contributed by atoms with E-state index in [2.05, 4.69) is 29.6 Å². The molecule has 3 aromatic heterocycles. The van der Waals surface area contributed by atoms with Crippen LogP contribution in [-0.2, 0) is 14.8 Å². The van der Waals surface area contributed by atoms with Crippen molar-refractivity contribution < 1.29 is 18.3 Å². The minimum Gasteiger partial charge on any atom is -0.399 e. The van der Waals surface area contributed by atoms with Crippen molar-refractivity contribution in [3.8, 4) is 0 Å². The zero-order valence-electron chi connectivity index (χ0n) is 17.8. The van der Waals surface area contributed by atoms with Crippen LogP contribution in [0.25, 0.3) is 11.2 Å². The molecule has 4 aromatic rings. The largest absolute Gasteiger partial charge is 0.399 e. The number of rotatable bonds is 5. The smallest absolute Gasteiger partial charge is 0.278 e. The van der Waals surface area contributed by atoms with E-state index in [4.69, 9.17) is 15.6 Å². The first-order valence-corrected chi connectivity index (χ1v) is 11.7. The Morgan fingerprint density at radius 3 is 2.56 bits per heavy atom. The van der Waals surface area contributed by atoms with Crippen molar-refractivity contribution in [2.24, 2.45) is 0 Å². The van der Waals surface area contributed by atoms with Gasteiger partial charge in [0.05, 0.1) is 30.3 Å². The molecule has 0 radical (unpaired) electrons. The molecule has 1 aliphatic rings.